The van der Waals surface area contributed by atoms with Gasteiger partial charge in [0.15, 0.2) is 0 Å². The standard InChI is InChI=1S/C19H22N2O/c1-5-14(4)21-18(11-10-17(12-20)19(21)22)16-8-6-15(7-9-16)13(2)3/h6-11,13-14H,5H2,1-4H3. The van der Waals surface area contributed by atoms with Crippen LogP contribution in [0.2, 0.25) is 0 Å². The van der Waals surface area contributed by atoms with E-state index in [1.165, 1.54) is 5.56 Å². The molecule has 0 aliphatic heterocycles. The molecule has 0 amide bonds. The van der Waals surface area contributed by atoms with Gasteiger partial charge in [-0.15, -0.1) is 0 Å². The lowest BCUT2D eigenvalue weighted by Gasteiger charge is -2.19. The number of hydrogen-bond donors (Lipinski definition) is 0. The molecule has 3 nitrogen and oxygen atoms in total. The summed E-state index contributed by atoms with van der Waals surface area (Å²) in [6, 6.07) is 13.8. The fraction of sp³-hybridized carbons (Fsp3) is 0.368. The molecule has 0 aliphatic carbocycles. The molecular weight excluding hydrogens is 272 g/mol. The van der Waals surface area contributed by atoms with Crippen LogP contribution in [0.5, 0.6) is 0 Å². The summed E-state index contributed by atoms with van der Waals surface area (Å²) < 4.78 is 1.74. The van der Waals surface area contributed by atoms with E-state index in [1.54, 1.807) is 10.6 Å². The fourth-order valence-electron chi connectivity index (χ4n) is 2.53. The zero-order valence-electron chi connectivity index (χ0n) is 13.6. The normalized spacial score (nSPS) is 12.2. The summed E-state index contributed by atoms with van der Waals surface area (Å²) in [5.41, 5.74) is 3.14. The topological polar surface area (TPSA) is 45.8 Å². The van der Waals surface area contributed by atoms with Gasteiger partial charge in [-0.25, -0.2) is 0 Å². The number of nitrogens with zero attached hydrogens (tertiary/aromatic N) is 2. The van der Waals surface area contributed by atoms with E-state index in [9.17, 15) is 4.79 Å². The molecule has 0 aliphatic rings. The van der Waals surface area contributed by atoms with Crippen molar-refractivity contribution in [1.82, 2.24) is 4.57 Å². The van der Waals surface area contributed by atoms with E-state index in [0.29, 0.717) is 5.92 Å². The van der Waals surface area contributed by atoms with Crippen LogP contribution in [0.4, 0.5) is 0 Å². The van der Waals surface area contributed by atoms with Crippen molar-refractivity contribution in [2.45, 2.75) is 46.1 Å². The van der Waals surface area contributed by atoms with Crippen molar-refractivity contribution in [3.8, 4) is 17.3 Å². The van der Waals surface area contributed by atoms with Crippen molar-refractivity contribution in [3.05, 3.63) is 57.9 Å². The van der Waals surface area contributed by atoms with Crippen molar-refractivity contribution in [2.75, 3.05) is 0 Å². The summed E-state index contributed by atoms with van der Waals surface area (Å²) in [5, 5.41) is 9.09. The first kappa shape index (κ1) is 16.0. The van der Waals surface area contributed by atoms with Crippen LogP contribution in [0, 0.1) is 11.3 Å². The number of pyridine rings is 1. The van der Waals surface area contributed by atoms with Crippen molar-refractivity contribution in [1.29, 1.82) is 5.26 Å². The smallest absolute Gasteiger partial charge is 0.269 e. The summed E-state index contributed by atoms with van der Waals surface area (Å²) in [6.45, 7) is 8.37. The maximum absolute atomic E-state index is 12.5. The number of rotatable bonds is 4. The average Bonchev–Trinajstić information content (AvgIpc) is 2.53. The third-order valence-corrected chi connectivity index (χ3v) is 4.14. The minimum atomic E-state index is -0.206. The van der Waals surface area contributed by atoms with Crippen LogP contribution in [-0.2, 0) is 0 Å². The third-order valence-electron chi connectivity index (χ3n) is 4.14. The average molecular weight is 294 g/mol. The molecule has 2 aromatic rings. The first-order valence-electron chi connectivity index (χ1n) is 7.75. The lowest BCUT2D eigenvalue weighted by Crippen LogP contribution is -2.26. The Morgan fingerprint density at radius 3 is 2.23 bits per heavy atom. The van der Waals surface area contributed by atoms with Gasteiger partial charge in [0.2, 0.25) is 0 Å². The van der Waals surface area contributed by atoms with Gasteiger partial charge in [-0.3, -0.25) is 4.79 Å². The predicted molar refractivity (Wildman–Crippen MR) is 89.9 cm³/mol. The van der Waals surface area contributed by atoms with E-state index >= 15 is 0 Å². The summed E-state index contributed by atoms with van der Waals surface area (Å²) in [5.74, 6) is 0.478. The molecule has 22 heavy (non-hydrogen) atoms. The second kappa shape index (κ2) is 6.62. The molecule has 1 aromatic heterocycles. The summed E-state index contributed by atoms with van der Waals surface area (Å²) in [4.78, 5) is 12.5. The van der Waals surface area contributed by atoms with Gasteiger partial charge in [0, 0.05) is 6.04 Å². The van der Waals surface area contributed by atoms with Crippen LogP contribution in [0.1, 0.15) is 57.2 Å². The zero-order valence-corrected chi connectivity index (χ0v) is 13.6. The lowest BCUT2D eigenvalue weighted by molar-refractivity contribution is 0.519. The van der Waals surface area contributed by atoms with Gasteiger partial charge < -0.3 is 4.57 Å². The molecule has 0 radical (unpaired) electrons. The number of benzene rings is 1. The minimum Gasteiger partial charge on any atom is -0.304 e. The third kappa shape index (κ3) is 2.96. The van der Waals surface area contributed by atoms with Crippen LogP contribution in [0.25, 0.3) is 11.3 Å². The highest BCUT2D eigenvalue weighted by Crippen LogP contribution is 2.25. The highest BCUT2D eigenvalue weighted by Gasteiger charge is 2.14. The molecule has 0 spiro atoms. The van der Waals surface area contributed by atoms with Crippen molar-refractivity contribution < 1.29 is 0 Å². The second-order valence-corrected chi connectivity index (χ2v) is 5.95. The Labute approximate surface area is 131 Å². The molecule has 1 heterocycles. The van der Waals surface area contributed by atoms with Crippen molar-refractivity contribution >= 4 is 0 Å². The van der Waals surface area contributed by atoms with Gasteiger partial charge >= 0.3 is 0 Å². The maximum atomic E-state index is 12.5. The van der Waals surface area contributed by atoms with Gasteiger partial charge in [-0.1, -0.05) is 45.0 Å². The lowest BCUT2D eigenvalue weighted by atomic mass is 10.00. The molecule has 0 saturated heterocycles. The Hall–Kier alpha value is -2.34. The molecule has 0 fully saturated rings. The number of aromatic nitrogens is 1. The monoisotopic (exact) mass is 294 g/mol. The summed E-state index contributed by atoms with van der Waals surface area (Å²) in [6.07, 6.45) is 0.839. The molecule has 0 saturated carbocycles. The molecule has 114 valence electrons. The molecule has 1 unspecified atom stereocenters. The molecule has 0 N–H and O–H groups in total. The van der Waals surface area contributed by atoms with Gasteiger partial charge in [0.25, 0.3) is 5.56 Å². The zero-order chi connectivity index (χ0) is 16.3. The van der Waals surface area contributed by atoms with Crippen LogP contribution in [-0.4, -0.2) is 4.57 Å². The van der Waals surface area contributed by atoms with E-state index < -0.39 is 0 Å². The quantitative estimate of drug-likeness (QED) is 0.834. The number of nitriles is 1. The maximum Gasteiger partial charge on any atom is 0.269 e. The Balaban J connectivity index is 2.62. The van der Waals surface area contributed by atoms with E-state index in [-0.39, 0.29) is 17.2 Å². The van der Waals surface area contributed by atoms with Gasteiger partial charge in [-0.2, -0.15) is 5.26 Å². The highest BCUT2D eigenvalue weighted by molar-refractivity contribution is 5.61. The Kier molecular flexibility index (Phi) is 4.82. The van der Waals surface area contributed by atoms with Gasteiger partial charge in [0.1, 0.15) is 11.6 Å². The fourth-order valence-corrected chi connectivity index (χ4v) is 2.53. The Morgan fingerprint density at radius 1 is 1.09 bits per heavy atom. The summed E-state index contributed by atoms with van der Waals surface area (Å²) >= 11 is 0. The van der Waals surface area contributed by atoms with E-state index in [2.05, 4.69) is 38.1 Å². The SMILES string of the molecule is CCC(C)n1c(-c2ccc(C(C)C)cc2)ccc(C#N)c1=O. The molecular formula is C19H22N2O. The van der Waals surface area contributed by atoms with Crippen molar-refractivity contribution in [2.24, 2.45) is 0 Å². The first-order chi connectivity index (χ1) is 10.5. The highest BCUT2D eigenvalue weighted by atomic mass is 16.1. The number of hydrogen-bond acceptors (Lipinski definition) is 2. The first-order valence-corrected chi connectivity index (χ1v) is 7.75. The largest absolute Gasteiger partial charge is 0.304 e. The second-order valence-electron chi connectivity index (χ2n) is 5.95. The van der Waals surface area contributed by atoms with E-state index in [1.807, 2.05) is 26.0 Å². The Morgan fingerprint density at radius 2 is 1.73 bits per heavy atom. The molecule has 1 atom stereocenters. The molecule has 0 bridgehead atoms. The van der Waals surface area contributed by atoms with Crippen LogP contribution in [0.3, 0.4) is 0 Å². The van der Waals surface area contributed by atoms with Crippen LogP contribution >= 0.6 is 0 Å². The molecule has 3 heteroatoms. The summed E-state index contributed by atoms with van der Waals surface area (Å²) in [7, 11) is 0. The molecule has 2 rings (SSSR count). The van der Waals surface area contributed by atoms with Gasteiger partial charge in [0.05, 0.1) is 5.69 Å². The molecule has 1 aromatic carbocycles. The predicted octanol–water partition coefficient (Wildman–Crippen LogP) is 4.48. The van der Waals surface area contributed by atoms with Crippen LogP contribution in [0.15, 0.2) is 41.2 Å². The van der Waals surface area contributed by atoms with E-state index in [0.717, 1.165) is 17.7 Å². The minimum absolute atomic E-state index is 0.0561. The van der Waals surface area contributed by atoms with Gasteiger partial charge in [-0.05, 0) is 42.5 Å². The van der Waals surface area contributed by atoms with Crippen molar-refractivity contribution in [3.63, 3.8) is 0 Å². The van der Waals surface area contributed by atoms with Crippen LogP contribution < -0.4 is 5.56 Å². The van der Waals surface area contributed by atoms with E-state index in [4.69, 9.17) is 5.26 Å². The Bertz CT molecular complexity index is 748.